The van der Waals surface area contributed by atoms with Crippen LogP contribution in [0.3, 0.4) is 0 Å². The zero-order chi connectivity index (χ0) is 37.3. The van der Waals surface area contributed by atoms with Crippen LogP contribution in [0.4, 0.5) is 0 Å². The number of hydrogen-bond acceptors (Lipinski definition) is 10. The molecular formula is C40H39N3O9S. The molecule has 3 unspecified atom stereocenters. The molecule has 53 heavy (non-hydrogen) atoms. The van der Waals surface area contributed by atoms with Crippen LogP contribution in [0.5, 0.6) is 5.75 Å². The summed E-state index contributed by atoms with van der Waals surface area (Å²) in [6, 6.07) is 26.5. The molecule has 0 saturated carbocycles. The maximum Gasteiger partial charge on any atom is 0.352 e. The van der Waals surface area contributed by atoms with Crippen LogP contribution < -0.4 is 9.74 Å². The molecule has 3 aromatic carbocycles. The van der Waals surface area contributed by atoms with Crippen LogP contribution in [0.15, 0.2) is 89.7 Å². The molecule has 3 aliphatic heterocycles. The first-order valence-electron chi connectivity index (χ1n) is 17.4. The third kappa shape index (κ3) is 7.15. The molecule has 0 amide bonds. The first kappa shape index (κ1) is 36.2. The molecule has 1 fully saturated rings. The van der Waals surface area contributed by atoms with Crippen LogP contribution >= 0.6 is 0 Å². The van der Waals surface area contributed by atoms with E-state index in [0.717, 1.165) is 22.3 Å². The van der Waals surface area contributed by atoms with Crippen molar-refractivity contribution in [3.63, 3.8) is 0 Å². The Balaban J connectivity index is 1.20. The Morgan fingerprint density at radius 2 is 1.64 bits per heavy atom. The van der Waals surface area contributed by atoms with Crippen LogP contribution in [0.1, 0.15) is 61.2 Å². The summed E-state index contributed by atoms with van der Waals surface area (Å²) in [5.41, 5.74) is 2.49. The van der Waals surface area contributed by atoms with Gasteiger partial charge in [0.15, 0.2) is 0 Å². The summed E-state index contributed by atoms with van der Waals surface area (Å²) in [7, 11) is 0. The molecule has 12 nitrogen and oxygen atoms in total. The average molecular weight is 738 g/mol. The number of pyridine rings is 1. The minimum absolute atomic E-state index is 0.0617. The van der Waals surface area contributed by atoms with Crippen LogP contribution in [0.2, 0.25) is 0 Å². The second-order valence-corrected chi connectivity index (χ2v) is 15.1. The van der Waals surface area contributed by atoms with Gasteiger partial charge >= 0.3 is 11.9 Å². The van der Waals surface area contributed by atoms with E-state index in [0.29, 0.717) is 31.1 Å². The lowest BCUT2D eigenvalue weighted by atomic mass is 9.93. The number of fused-ring (bicyclic) bond motifs is 3. The van der Waals surface area contributed by atoms with E-state index in [4.69, 9.17) is 23.1 Å². The van der Waals surface area contributed by atoms with Gasteiger partial charge in [-0.15, -0.1) is 0 Å². The second-order valence-electron chi connectivity index (χ2n) is 14.0. The van der Waals surface area contributed by atoms with Crippen molar-refractivity contribution in [2.75, 3.05) is 19.8 Å². The number of nitrogens with zero attached hydrogens (tertiary/aromatic N) is 3. The predicted molar refractivity (Wildman–Crippen MR) is 193 cm³/mol. The quantitative estimate of drug-likeness (QED) is 0.209. The highest BCUT2D eigenvalue weighted by molar-refractivity contribution is 7.78. The van der Waals surface area contributed by atoms with Gasteiger partial charge in [-0.25, -0.2) is 4.79 Å². The second kappa shape index (κ2) is 14.7. The van der Waals surface area contributed by atoms with Crippen molar-refractivity contribution < 1.29 is 36.9 Å². The molecule has 0 N–H and O–H groups in total. The molecule has 3 aliphatic rings. The van der Waals surface area contributed by atoms with Crippen LogP contribution in [0.25, 0.3) is 11.1 Å². The highest BCUT2D eigenvalue weighted by atomic mass is 32.2. The van der Waals surface area contributed by atoms with Gasteiger partial charge in [0.25, 0.3) is 16.8 Å². The fraction of sp³-hybridized carbons (Fsp3) is 0.350. The van der Waals surface area contributed by atoms with Gasteiger partial charge in [-0.2, -0.15) is 13.8 Å². The first-order valence-corrected chi connectivity index (χ1v) is 18.5. The van der Waals surface area contributed by atoms with Crippen LogP contribution in [-0.4, -0.2) is 50.9 Å². The number of carbonyl (C=O) groups excluding carboxylic acids is 2. The van der Waals surface area contributed by atoms with E-state index >= 15 is 0 Å². The van der Waals surface area contributed by atoms with Crippen molar-refractivity contribution in [3.05, 3.63) is 123 Å². The summed E-state index contributed by atoms with van der Waals surface area (Å²) in [4.78, 5) is 41.6. The SMILES string of the molecule is CCOC(=O)C(OC(=O)C1Cc2ccccc2CN1S(=O)Oc1ccc(-c2ccccc2)cc1)c1cc2n(c(=O)c1C#N)CCC21OCC(C)(C)CO1. The topological polar surface area (TPSA) is 146 Å². The maximum absolute atomic E-state index is 14.3. The van der Waals surface area contributed by atoms with E-state index < -0.39 is 46.7 Å². The molecule has 274 valence electrons. The number of ether oxygens (including phenoxy) is 4. The Morgan fingerprint density at radius 3 is 2.32 bits per heavy atom. The average Bonchev–Trinajstić information content (AvgIpc) is 3.53. The Hall–Kier alpha value is -5.13. The number of nitriles is 1. The summed E-state index contributed by atoms with van der Waals surface area (Å²) < 4.78 is 46.3. The lowest BCUT2D eigenvalue weighted by Gasteiger charge is -2.41. The molecule has 0 aliphatic carbocycles. The van der Waals surface area contributed by atoms with E-state index in [9.17, 15) is 23.9 Å². The van der Waals surface area contributed by atoms with Gasteiger partial charge in [0.1, 0.15) is 23.4 Å². The normalized spacial score (nSPS) is 19.6. The monoisotopic (exact) mass is 737 g/mol. The molecule has 1 aromatic heterocycles. The maximum atomic E-state index is 14.3. The molecule has 7 rings (SSSR count). The minimum atomic E-state index is -2.19. The largest absolute Gasteiger partial charge is 0.463 e. The third-order valence-electron chi connectivity index (χ3n) is 9.70. The van der Waals surface area contributed by atoms with Crippen molar-refractivity contribution >= 4 is 23.2 Å². The smallest absolute Gasteiger partial charge is 0.352 e. The fourth-order valence-corrected chi connectivity index (χ4v) is 7.86. The Bertz CT molecular complexity index is 2150. The van der Waals surface area contributed by atoms with Crippen molar-refractivity contribution in [3.8, 4) is 22.9 Å². The van der Waals surface area contributed by atoms with Gasteiger partial charge in [-0.1, -0.05) is 80.6 Å². The number of hydrogen-bond donors (Lipinski definition) is 0. The van der Waals surface area contributed by atoms with Crippen molar-refractivity contribution in [2.24, 2.45) is 5.41 Å². The summed E-state index contributed by atoms with van der Waals surface area (Å²) in [6.07, 6.45) is -1.40. The van der Waals surface area contributed by atoms with E-state index in [2.05, 4.69) is 0 Å². The summed E-state index contributed by atoms with van der Waals surface area (Å²) in [6.45, 7) is 6.52. The molecule has 3 atom stereocenters. The van der Waals surface area contributed by atoms with Gasteiger partial charge in [-0.3, -0.25) is 9.59 Å². The molecule has 4 heterocycles. The zero-order valence-electron chi connectivity index (χ0n) is 29.6. The number of carbonyl (C=O) groups is 2. The van der Waals surface area contributed by atoms with Gasteiger partial charge in [0.05, 0.1) is 25.5 Å². The molecular weight excluding hydrogens is 699 g/mol. The lowest BCUT2D eigenvalue weighted by molar-refractivity contribution is -0.306. The number of rotatable bonds is 9. The lowest BCUT2D eigenvalue weighted by Crippen LogP contribution is -2.49. The van der Waals surface area contributed by atoms with Crippen molar-refractivity contribution in [1.82, 2.24) is 8.87 Å². The third-order valence-corrected chi connectivity index (χ3v) is 10.8. The van der Waals surface area contributed by atoms with E-state index in [1.54, 1.807) is 19.1 Å². The zero-order valence-corrected chi connectivity index (χ0v) is 30.4. The number of aromatic nitrogens is 1. The first-order chi connectivity index (χ1) is 25.5. The van der Waals surface area contributed by atoms with Gasteiger partial charge < -0.3 is 27.7 Å². The van der Waals surface area contributed by atoms with E-state index in [1.165, 1.54) is 14.9 Å². The number of esters is 2. The summed E-state index contributed by atoms with van der Waals surface area (Å²) in [5, 5.41) is 10.2. The Kier molecular flexibility index (Phi) is 10.1. The molecule has 4 aromatic rings. The van der Waals surface area contributed by atoms with Crippen molar-refractivity contribution in [2.45, 2.75) is 64.6 Å². The number of benzene rings is 3. The van der Waals surface area contributed by atoms with Gasteiger partial charge in [0.2, 0.25) is 11.9 Å². The van der Waals surface area contributed by atoms with E-state index in [-0.39, 0.29) is 42.7 Å². The molecule has 0 bridgehead atoms. The van der Waals surface area contributed by atoms with Crippen molar-refractivity contribution in [1.29, 1.82) is 5.26 Å². The highest BCUT2D eigenvalue weighted by Crippen LogP contribution is 2.43. The minimum Gasteiger partial charge on any atom is -0.463 e. The summed E-state index contributed by atoms with van der Waals surface area (Å²) >= 11 is -2.19. The van der Waals surface area contributed by atoms with Crippen LogP contribution in [0, 0.1) is 16.7 Å². The van der Waals surface area contributed by atoms with Crippen LogP contribution in [-0.2, 0) is 65.1 Å². The highest BCUT2D eigenvalue weighted by Gasteiger charge is 2.49. The molecule has 1 saturated heterocycles. The summed E-state index contributed by atoms with van der Waals surface area (Å²) in [5.74, 6) is -2.85. The van der Waals surface area contributed by atoms with E-state index in [1.807, 2.05) is 86.6 Å². The predicted octanol–water partition coefficient (Wildman–Crippen LogP) is 5.25. The standard InChI is InChI=1S/C40H39N3O9S/c1-4-48-38(46)35(31-21-34-40(49-24-39(2,3)25-50-40)18-19-42(34)36(44)32(31)22-41)51-37(45)33-20-28-12-8-9-13-29(28)23-43(33)53(47)52-30-16-14-27(15-17-30)26-10-6-5-7-11-26/h5-17,21,33,35H,4,18-20,23-25H2,1-3H3. The Morgan fingerprint density at radius 1 is 0.981 bits per heavy atom. The molecule has 1 spiro atoms. The fourth-order valence-electron chi connectivity index (χ4n) is 6.88. The Labute approximate surface area is 309 Å². The molecule has 0 radical (unpaired) electrons. The van der Waals surface area contributed by atoms with Gasteiger partial charge in [0, 0.05) is 36.9 Å². The molecule has 13 heteroatoms. The van der Waals surface area contributed by atoms with Gasteiger partial charge in [-0.05, 0) is 47.4 Å².